The highest BCUT2D eigenvalue weighted by Crippen LogP contribution is 2.33. The number of aromatic nitrogens is 1. The van der Waals surface area contributed by atoms with Crippen molar-refractivity contribution in [2.45, 2.75) is 25.6 Å². The molecule has 0 spiro atoms. The number of carbonyl (C=O) groups is 1. The van der Waals surface area contributed by atoms with Crippen LogP contribution in [0.5, 0.6) is 5.19 Å². The zero-order valence-electron chi connectivity index (χ0n) is 11.4. The fourth-order valence-corrected chi connectivity index (χ4v) is 3.07. The number of nitrogens with zero attached hydrogens (tertiary/aromatic N) is 2. The van der Waals surface area contributed by atoms with E-state index in [0.717, 1.165) is 22.8 Å². The van der Waals surface area contributed by atoms with Crippen LogP contribution in [0.4, 0.5) is 13.2 Å². The number of carbonyl (C=O) groups excluding carboxylic acids is 1. The highest BCUT2D eigenvalue weighted by molar-refractivity contribution is 7.13. The molecule has 0 bridgehead atoms. The Kier molecular flexibility index (Phi) is 4.72. The molecule has 9 heteroatoms. The molecule has 2 atom stereocenters. The Morgan fingerprint density at radius 1 is 1.67 bits per heavy atom. The van der Waals surface area contributed by atoms with E-state index in [4.69, 9.17) is 5.73 Å². The predicted molar refractivity (Wildman–Crippen MR) is 71.0 cm³/mol. The summed E-state index contributed by atoms with van der Waals surface area (Å²) < 4.78 is 40.8. The monoisotopic (exact) mass is 323 g/mol. The average Bonchev–Trinajstić information content (AvgIpc) is 3.04. The van der Waals surface area contributed by atoms with Crippen molar-refractivity contribution in [2.75, 3.05) is 19.7 Å². The molecule has 5 nitrogen and oxygen atoms in total. The number of hydrogen-bond acceptors (Lipinski definition) is 5. The highest BCUT2D eigenvalue weighted by atomic mass is 32.1. The fourth-order valence-electron chi connectivity index (χ4n) is 2.22. The van der Waals surface area contributed by atoms with Gasteiger partial charge >= 0.3 is 6.18 Å². The second-order valence-corrected chi connectivity index (χ2v) is 6.02. The molecule has 1 aromatic heterocycles. The Morgan fingerprint density at radius 3 is 2.95 bits per heavy atom. The van der Waals surface area contributed by atoms with Crippen LogP contribution in [0, 0.1) is 5.92 Å². The first-order valence-corrected chi connectivity index (χ1v) is 7.26. The number of thiazole rings is 1. The van der Waals surface area contributed by atoms with Crippen LogP contribution in [-0.2, 0) is 4.79 Å². The molecule has 1 unspecified atom stereocenters. The number of rotatable bonds is 5. The van der Waals surface area contributed by atoms with Crippen LogP contribution in [0.2, 0.25) is 0 Å². The molecule has 2 N–H and O–H groups in total. The lowest BCUT2D eigenvalue weighted by Crippen LogP contribution is -2.28. The first-order chi connectivity index (χ1) is 9.76. The van der Waals surface area contributed by atoms with Gasteiger partial charge in [-0.15, -0.1) is 0 Å². The topological polar surface area (TPSA) is 68.4 Å². The molecule has 0 aromatic carbocycles. The van der Waals surface area contributed by atoms with Gasteiger partial charge < -0.3 is 10.5 Å². The molecule has 118 valence electrons. The Balaban J connectivity index is 1.93. The number of ether oxygens (including phenoxy) is 1. The molecule has 1 saturated heterocycles. The third kappa shape index (κ3) is 4.31. The number of hydrogen-bond donors (Lipinski definition) is 1. The minimum absolute atomic E-state index is 0.000164. The molecule has 0 saturated carbocycles. The summed E-state index contributed by atoms with van der Waals surface area (Å²) in [7, 11) is 0. The normalized spacial score (nSPS) is 21.4. The summed E-state index contributed by atoms with van der Waals surface area (Å²) in [6.45, 7) is 1.87. The van der Waals surface area contributed by atoms with E-state index in [9.17, 15) is 18.0 Å². The molecule has 2 heterocycles. The lowest BCUT2D eigenvalue weighted by atomic mass is 10.1. The summed E-state index contributed by atoms with van der Waals surface area (Å²) in [5.74, 6) is -0.482. The van der Waals surface area contributed by atoms with Crippen molar-refractivity contribution in [3.05, 3.63) is 11.1 Å². The summed E-state index contributed by atoms with van der Waals surface area (Å²) in [5, 5.41) is -0.000164. The molecular formula is C12H16F3N3O2S. The quantitative estimate of drug-likeness (QED) is 0.899. The van der Waals surface area contributed by atoms with Gasteiger partial charge in [0.15, 0.2) is 6.61 Å². The molecule has 0 aliphatic carbocycles. The van der Waals surface area contributed by atoms with Gasteiger partial charge in [-0.25, -0.2) is 4.98 Å². The van der Waals surface area contributed by atoms with Crippen LogP contribution in [0.15, 0.2) is 6.20 Å². The second-order valence-electron chi connectivity index (χ2n) is 4.99. The number of primary amides is 1. The van der Waals surface area contributed by atoms with E-state index in [1.165, 1.54) is 6.20 Å². The largest absolute Gasteiger partial charge is 0.460 e. The third-order valence-corrected chi connectivity index (χ3v) is 4.52. The van der Waals surface area contributed by atoms with Gasteiger partial charge in [0.25, 0.3) is 5.19 Å². The van der Waals surface area contributed by atoms with Gasteiger partial charge in [-0.05, 0) is 19.9 Å². The number of nitrogens with two attached hydrogens (primary N) is 1. The summed E-state index contributed by atoms with van der Waals surface area (Å²) in [6.07, 6.45) is -2.16. The van der Waals surface area contributed by atoms with Gasteiger partial charge in [-0.1, -0.05) is 11.3 Å². The van der Waals surface area contributed by atoms with E-state index in [2.05, 4.69) is 14.6 Å². The molecule has 2 rings (SSSR count). The molecule has 0 radical (unpaired) electrons. The van der Waals surface area contributed by atoms with Crippen LogP contribution in [0.1, 0.15) is 24.3 Å². The van der Waals surface area contributed by atoms with Gasteiger partial charge in [0, 0.05) is 23.7 Å². The van der Waals surface area contributed by atoms with Crippen LogP contribution < -0.4 is 10.5 Å². The first-order valence-electron chi connectivity index (χ1n) is 6.45. The maximum atomic E-state index is 12.1. The molecule has 1 aliphatic rings. The summed E-state index contributed by atoms with van der Waals surface area (Å²) in [5.41, 5.74) is 5.28. The van der Waals surface area contributed by atoms with Crippen molar-refractivity contribution < 1.29 is 22.7 Å². The lowest BCUT2D eigenvalue weighted by Gasteiger charge is -2.22. The van der Waals surface area contributed by atoms with Crippen LogP contribution in [0.3, 0.4) is 0 Å². The highest BCUT2D eigenvalue weighted by Gasteiger charge is 2.31. The van der Waals surface area contributed by atoms with Gasteiger partial charge in [0.05, 0.1) is 5.92 Å². The molecule has 1 aromatic rings. The fraction of sp³-hybridized carbons (Fsp3) is 0.667. The van der Waals surface area contributed by atoms with Crippen molar-refractivity contribution in [3.8, 4) is 5.19 Å². The van der Waals surface area contributed by atoms with E-state index in [1.807, 2.05) is 6.92 Å². The Hall–Kier alpha value is -1.35. The Labute approximate surface area is 123 Å². The van der Waals surface area contributed by atoms with E-state index in [1.54, 1.807) is 0 Å². The SMILES string of the molecule is C[C@H](c1cnc(OCC(F)(F)F)s1)N1CCC(C(N)=O)C1. The summed E-state index contributed by atoms with van der Waals surface area (Å²) in [6, 6.07) is -0.0323. The smallest absolute Gasteiger partial charge is 0.422 e. The minimum atomic E-state index is -4.37. The van der Waals surface area contributed by atoms with E-state index in [0.29, 0.717) is 13.0 Å². The zero-order valence-corrected chi connectivity index (χ0v) is 12.2. The lowest BCUT2D eigenvalue weighted by molar-refractivity contribution is -0.153. The third-order valence-electron chi connectivity index (χ3n) is 3.44. The van der Waals surface area contributed by atoms with Crippen molar-refractivity contribution in [1.29, 1.82) is 0 Å². The summed E-state index contributed by atoms with van der Waals surface area (Å²) >= 11 is 1.09. The van der Waals surface area contributed by atoms with Gasteiger partial charge in [0.1, 0.15) is 0 Å². The van der Waals surface area contributed by atoms with E-state index < -0.39 is 12.8 Å². The molecule has 1 aliphatic heterocycles. The van der Waals surface area contributed by atoms with Gasteiger partial charge in [-0.3, -0.25) is 9.69 Å². The number of alkyl halides is 3. The van der Waals surface area contributed by atoms with Crippen molar-refractivity contribution >= 4 is 17.2 Å². The van der Waals surface area contributed by atoms with E-state index in [-0.39, 0.29) is 23.1 Å². The predicted octanol–water partition coefficient (Wildman–Crippen LogP) is 1.95. The maximum Gasteiger partial charge on any atom is 0.422 e. The molecule has 1 fully saturated rings. The number of likely N-dealkylation sites (tertiary alicyclic amines) is 1. The molecular weight excluding hydrogens is 307 g/mol. The minimum Gasteiger partial charge on any atom is -0.460 e. The Bertz CT molecular complexity index is 506. The molecule has 21 heavy (non-hydrogen) atoms. The van der Waals surface area contributed by atoms with Gasteiger partial charge in [0.2, 0.25) is 5.91 Å². The van der Waals surface area contributed by atoms with Crippen molar-refractivity contribution in [3.63, 3.8) is 0 Å². The van der Waals surface area contributed by atoms with Crippen molar-refractivity contribution in [1.82, 2.24) is 9.88 Å². The van der Waals surface area contributed by atoms with Crippen LogP contribution >= 0.6 is 11.3 Å². The second kappa shape index (κ2) is 6.18. The van der Waals surface area contributed by atoms with Crippen molar-refractivity contribution in [2.24, 2.45) is 11.7 Å². The van der Waals surface area contributed by atoms with E-state index >= 15 is 0 Å². The molecule has 1 amide bonds. The van der Waals surface area contributed by atoms with Crippen LogP contribution in [0.25, 0.3) is 0 Å². The standard InChI is InChI=1S/C12H16F3N3O2S/c1-7(18-3-2-8(5-18)10(16)19)9-4-17-11(21-9)20-6-12(13,14)15/h4,7-8H,2-3,5-6H2,1H3,(H2,16,19)/t7-,8?/m1/s1. The zero-order chi connectivity index (χ0) is 15.6. The summed E-state index contributed by atoms with van der Waals surface area (Å²) in [4.78, 5) is 17.9. The van der Waals surface area contributed by atoms with Gasteiger partial charge in [-0.2, -0.15) is 13.2 Å². The number of halogens is 3. The van der Waals surface area contributed by atoms with Crippen LogP contribution in [-0.4, -0.2) is 41.7 Å². The maximum absolute atomic E-state index is 12.1. The average molecular weight is 323 g/mol. The Morgan fingerprint density at radius 2 is 2.38 bits per heavy atom. The number of amides is 1. The first kappa shape index (κ1) is 16.0.